The molecule has 0 aliphatic carbocycles. The number of piperazine rings is 1. The molecule has 5 nitrogen and oxygen atoms in total. The van der Waals surface area contributed by atoms with Gasteiger partial charge in [0, 0.05) is 54.8 Å². The number of allylic oxidation sites excluding steroid dienone is 1. The summed E-state index contributed by atoms with van der Waals surface area (Å²) in [5.74, 6) is 0.791. The number of amides is 1. The average molecular weight is 469 g/mol. The second kappa shape index (κ2) is 9.96. The second-order valence-electron chi connectivity index (χ2n) is 9.08. The number of benzene rings is 3. The zero-order valence-electron chi connectivity index (χ0n) is 20.7. The zero-order valence-corrected chi connectivity index (χ0v) is 20.7. The molecule has 0 atom stereocenters. The molecule has 0 unspecified atom stereocenters. The summed E-state index contributed by atoms with van der Waals surface area (Å²) < 4.78 is 11.9. The van der Waals surface area contributed by atoms with Crippen LogP contribution < -0.4 is 4.74 Å². The lowest BCUT2D eigenvalue weighted by Crippen LogP contribution is -2.48. The molecule has 3 aromatic carbocycles. The van der Waals surface area contributed by atoms with Crippen LogP contribution in [0.25, 0.3) is 38.4 Å². The molecule has 1 fully saturated rings. The molecule has 0 spiro atoms. The number of likely N-dealkylation sites (N-methyl/N-ethyl adjacent to an activating group) is 1. The molecule has 5 heteroatoms. The summed E-state index contributed by atoms with van der Waals surface area (Å²) in [5.41, 5.74) is 4.72. The molecule has 0 bridgehead atoms. The summed E-state index contributed by atoms with van der Waals surface area (Å²) in [6.45, 7) is 11.1. The highest BCUT2D eigenvalue weighted by atomic mass is 16.5. The molecule has 0 radical (unpaired) electrons. The monoisotopic (exact) mass is 468 g/mol. The number of furan rings is 1. The molecule has 1 saturated heterocycles. The van der Waals surface area contributed by atoms with Crippen LogP contribution in [-0.2, 0) is 4.79 Å². The fraction of sp³-hybridized carbons (Fsp3) is 0.300. The maximum atomic E-state index is 13.0. The summed E-state index contributed by atoms with van der Waals surface area (Å²) in [5, 5.41) is 3.41. The van der Waals surface area contributed by atoms with Gasteiger partial charge in [-0.3, -0.25) is 4.79 Å². The number of fused-ring (bicyclic) bond motifs is 2. The van der Waals surface area contributed by atoms with E-state index >= 15 is 0 Å². The molecule has 2 heterocycles. The van der Waals surface area contributed by atoms with Gasteiger partial charge in [-0.1, -0.05) is 43.3 Å². The normalized spacial score (nSPS) is 15.2. The molecule has 0 N–H and O–H groups in total. The highest BCUT2D eigenvalue weighted by molar-refractivity contribution is 6.01. The molecule has 1 amide bonds. The Morgan fingerprint density at radius 3 is 2.51 bits per heavy atom. The maximum Gasteiger partial charge on any atom is 0.246 e. The molecule has 5 rings (SSSR count). The second-order valence-corrected chi connectivity index (χ2v) is 9.08. The number of carbonyl (C=O) groups is 1. The Balaban J connectivity index is 1.52. The number of hydrogen-bond donors (Lipinski definition) is 0. The van der Waals surface area contributed by atoms with E-state index < -0.39 is 0 Å². The molecular weight excluding hydrogens is 436 g/mol. The first-order chi connectivity index (χ1) is 17.1. The van der Waals surface area contributed by atoms with Gasteiger partial charge in [-0.25, -0.2) is 0 Å². The molecule has 180 valence electrons. The van der Waals surface area contributed by atoms with Gasteiger partial charge in [0.15, 0.2) is 0 Å². The third-order valence-corrected chi connectivity index (χ3v) is 6.93. The van der Waals surface area contributed by atoms with Crippen LogP contribution in [0.1, 0.15) is 26.3 Å². The third-order valence-electron chi connectivity index (χ3n) is 6.93. The minimum Gasteiger partial charge on any atom is -0.493 e. The first-order valence-electron chi connectivity index (χ1n) is 12.4. The molecule has 1 aliphatic heterocycles. The molecule has 4 aromatic rings. The van der Waals surface area contributed by atoms with Crippen LogP contribution in [0.4, 0.5) is 0 Å². The standard InChI is InChI=1S/C30H32N2O3/c1-4-31-12-14-32(15-13-31)30(33)16-21(3)25-18-26-27(20-35-29(26)19-28(25)34-5-2)24-11-10-22-8-6-7-9-23(22)17-24/h6-11,16-20H,4-5,12-15H2,1-3H3/b21-16+. The largest absolute Gasteiger partial charge is 0.493 e. The van der Waals surface area contributed by atoms with Crippen molar-refractivity contribution >= 4 is 33.2 Å². The van der Waals surface area contributed by atoms with Crippen LogP contribution in [0, 0.1) is 0 Å². The first-order valence-corrected chi connectivity index (χ1v) is 12.4. The van der Waals surface area contributed by atoms with Gasteiger partial charge in [-0.2, -0.15) is 0 Å². The maximum absolute atomic E-state index is 13.0. The number of hydrogen-bond acceptors (Lipinski definition) is 4. The van der Waals surface area contributed by atoms with Crippen LogP contribution in [0.2, 0.25) is 0 Å². The summed E-state index contributed by atoms with van der Waals surface area (Å²) in [6, 6.07) is 18.9. The van der Waals surface area contributed by atoms with Gasteiger partial charge in [-0.05, 0) is 54.4 Å². The summed E-state index contributed by atoms with van der Waals surface area (Å²) >= 11 is 0. The Morgan fingerprint density at radius 2 is 1.77 bits per heavy atom. The predicted octanol–water partition coefficient (Wildman–Crippen LogP) is 6.22. The molecule has 1 aromatic heterocycles. The van der Waals surface area contributed by atoms with Crippen LogP contribution in [-0.4, -0.2) is 55.0 Å². The Morgan fingerprint density at radius 1 is 1.00 bits per heavy atom. The van der Waals surface area contributed by atoms with Gasteiger partial charge in [0.2, 0.25) is 5.91 Å². The smallest absolute Gasteiger partial charge is 0.246 e. The quantitative estimate of drug-likeness (QED) is 0.315. The lowest BCUT2D eigenvalue weighted by Gasteiger charge is -2.33. The first kappa shape index (κ1) is 23.2. The van der Waals surface area contributed by atoms with Gasteiger partial charge < -0.3 is 19.0 Å². The van der Waals surface area contributed by atoms with Crippen LogP contribution in [0.5, 0.6) is 5.75 Å². The van der Waals surface area contributed by atoms with E-state index in [9.17, 15) is 4.79 Å². The Labute approximate surface area is 206 Å². The fourth-order valence-electron chi connectivity index (χ4n) is 4.86. The Hall–Kier alpha value is -3.57. The van der Waals surface area contributed by atoms with Crippen LogP contribution >= 0.6 is 0 Å². The predicted molar refractivity (Wildman–Crippen MR) is 143 cm³/mol. The fourth-order valence-corrected chi connectivity index (χ4v) is 4.86. The van der Waals surface area contributed by atoms with Crippen molar-refractivity contribution in [1.82, 2.24) is 9.80 Å². The summed E-state index contributed by atoms with van der Waals surface area (Å²) in [4.78, 5) is 17.4. The zero-order chi connectivity index (χ0) is 24.4. The summed E-state index contributed by atoms with van der Waals surface area (Å²) in [7, 11) is 0. The minimum atomic E-state index is 0.0581. The average Bonchev–Trinajstić information content (AvgIpc) is 3.31. The molecule has 1 aliphatic rings. The molecule has 35 heavy (non-hydrogen) atoms. The summed E-state index contributed by atoms with van der Waals surface area (Å²) in [6.07, 6.45) is 3.56. The van der Waals surface area contributed by atoms with Gasteiger partial charge in [-0.15, -0.1) is 0 Å². The number of ether oxygens (including phenoxy) is 1. The van der Waals surface area contributed by atoms with E-state index in [0.29, 0.717) is 6.61 Å². The van der Waals surface area contributed by atoms with E-state index in [-0.39, 0.29) is 5.91 Å². The van der Waals surface area contributed by atoms with E-state index in [0.717, 1.165) is 71.7 Å². The van der Waals surface area contributed by atoms with E-state index in [1.165, 1.54) is 10.8 Å². The van der Waals surface area contributed by atoms with Crippen molar-refractivity contribution < 1.29 is 13.9 Å². The highest BCUT2D eigenvalue weighted by Gasteiger charge is 2.20. The van der Waals surface area contributed by atoms with Crippen molar-refractivity contribution in [3.05, 3.63) is 72.5 Å². The minimum absolute atomic E-state index is 0.0581. The molecular formula is C30H32N2O3. The van der Waals surface area contributed by atoms with Crippen molar-refractivity contribution in [2.75, 3.05) is 39.3 Å². The van der Waals surface area contributed by atoms with Crippen molar-refractivity contribution in [1.29, 1.82) is 0 Å². The number of nitrogens with zero attached hydrogens (tertiary/aromatic N) is 2. The molecule has 0 saturated carbocycles. The van der Waals surface area contributed by atoms with Gasteiger partial charge in [0.1, 0.15) is 11.3 Å². The Bertz CT molecular complexity index is 1390. The van der Waals surface area contributed by atoms with Gasteiger partial charge in [0.05, 0.1) is 12.9 Å². The van der Waals surface area contributed by atoms with Crippen molar-refractivity contribution in [2.45, 2.75) is 20.8 Å². The van der Waals surface area contributed by atoms with Gasteiger partial charge >= 0.3 is 0 Å². The van der Waals surface area contributed by atoms with E-state index in [1.807, 2.05) is 31.1 Å². The number of carbonyl (C=O) groups excluding carboxylic acids is 1. The SMILES string of the molecule is CCOc1cc2occ(-c3ccc4ccccc4c3)c2cc1/C(C)=C/C(=O)N1CCN(CC)CC1. The topological polar surface area (TPSA) is 45.9 Å². The third kappa shape index (κ3) is 4.69. The van der Waals surface area contributed by atoms with Crippen molar-refractivity contribution in [3.63, 3.8) is 0 Å². The lowest BCUT2D eigenvalue weighted by molar-refractivity contribution is -0.127. The Kier molecular flexibility index (Phi) is 6.60. The number of rotatable bonds is 6. The highest BCUT2D eigenvalue weighted by Crippen LogP contribution is 2.38. The van der Waals surface area contributed by atoms with E-state index in [2.05, 4.69) is 60.4 Å². The van der Waals surface area contributed by atoms with Crippen molar-refractivity contribution in [3.8, 4) is 16.9 Å². The lowest BCUT2D eigenvalue weighted by atomic mass is 9.97. The van der Waals surface area contributed by atoms with Crippen molar-refractivity contribution in [2.24, 2.45) is 0 Å². The van der Waals surface area contributed by atoms with Crippen LogP contribution in [0.3, 0.4) is 0 Å². The van der Waals surface area contributed by atoms with E-state index in [1.54, 1.807) is 6.08 Å². The van der Waals surface area contributed by atoms with Crippen LogP contribution in [0.15, 0.2) is 71.4 Å². The van der Waals surface area contributed by atoms with Gasteiger partial charge in [0.25, 0.3) is 0 Å². The van der Waals surface area contributed by atoms with E-state index in [4.69, 9.17) is 9.15 Å².